The molecule has 2 heterocycles. The Kier molecular flexibility index (Phi) is 5.79. The van der Waals surface area contributed by atoms with Crippen molar-refractivity contribution in [2.75, 3.05) is 0 Å². The van der Waals surface area contributed by atoms with Gasteiger partial charge in [0.1, 0.15) is 0 Å². The number of aryl methyl sites for hydroxylation is 1. The Morgan fingerprint density at radius 2 is 1.68 bits per heavy atom. The summed E-state index contributed by atoms with van der Waals surface area (Å²) in [7, 11) is 0. The molecule has 0 unspecified atom stereocenters. The van der Waals surface area contributed by atoms with E-state index in [1.54, 1.807) is 11.3 Å². The minimum Gasteiger partial charge on any atom is -0.369 e. The third kappa shape index (κ3) is 4.19. The van der Waals surface area contributed by atoms with Gasteiger partial charge in [-0.1, -0.05) is 54.6 Å². The van der Waals surface area contributed by atoms with Crippen LogP contribution in [0.25, 0.3) is 21.5 Å². The summed E-state index contributed by atoms with van der Waals surface area (Å²) in [4.78, 5) is 26.7. The average molecular weight is 431 g/mol. The van der Waals surface area contributed by atoms with Crippen LogP contribution in [-0.4, -0.2) is 16.3 Å². The van der Waals surface area contributed by atoms with Gasteiger partial charge in [0.25, 0.3) is 0 Å². The summed E-state index contributed by atoms with van der Waals surface area (Å²) >= 11 is 1.60. The summed E-state index contributed by atoms with van der Waals surface area (Å²) in [6.07, 6.45) is 1.12. The summed E-state index contributed by atoms with van der Waals surface area (Å²) in [6, 6.07) is 22.0. The molecule has 4 aromatic rings. The Hall–Kier alpha value is -3.18. The molecule has 4 nitrogen and oxygen atoms in total. The second-order valence-electron chi connectivity index (χ2n) is 8.46. The number of primary amides is 1. The number of amides is 1. The second kappa shape index (κ2) is 8.52. The minimum absolute atomic E-state index is 0.110. The zero-order valence-electron chi connectivity index (χ0n) is 17.8. The average Bonchev–Trinajstić information content (AvgIpc) is 3.39. The van der Waals surface area contributed by atoms with Crippen LogP contribution in [-0.2, 0) is 17.8 Å². The predicted octanol–water partition coefficient (Wildman–Crippen LogP) is 5.70. The Morgan fingerprint density at radius 3 is 2.35 bits per heavy atom. The van der Waals surface area contributed by atoms with Crippen molar-refractivity contribution in [1.82, 2.24) is 4.57 Å². The van der Waals surface area contributed by atoms with Crippen LogP contribution < -0.4 is 5.73 Å². The Balaban J connectivity index is 1.85. The number of hydrogen-bond acceptors (Lipinski definition) is 3. The van der Waals surface area contributed by atoms with Gasteiger partial charge in [-0.05, 0) is 43.3 Å². The normalized spacial score (nSPS) is 11.7. The third-order valence-corrected chi connectivity index (χ3v) is 6.58. The molecule has 2 aromatic heterocycles. The summed E-state index contributed by atoms with van der Waals surface area (Å²) in [5.41, 5.74) is 8.64. The van der Waals surface area contributed by atoms with E-state index in [1.165, 1.54) is 0 Å². The number of hydrogen-bond donors (Lipinski definition) is 1. The smallest absolute Gasteiger partial charge is 0.224 e. The molecule has 2 aromatic carbocycles. The number of Topliss-reactive ketones (excluding diaryl/α,β-unsaturated/α-hetero) is 1. The van der Waals surface area contributed by atoms with E-state index in [0.717, 1.165) is 32.6 Å². The highest BCUT2D eigenvalue weighted by molar-refractivity contribution is 7.13. The number of nitrogens with zero attached hydrogens (tertiary/aromatic N) is 1. The molecule has 31 heavy (non-hydrogen) atoms. The lowest BCUT2D eigenvalue weighted by atomic mass is 9.92. The molecular formula is C26H26N2O2S. The molecule has 0 aliphatic carbocycles. The van der Waals surface area contributed by atoms with Crippen molar-refractivity contribution in [2.24, 2.45) is 11.1 Å². The molecule has 4 rings (SSSR count). The molecule has 0 radical (unpaired) electrons. The van der Waals surface area contributed by atoms with Gasteiger partial charge < -0.3 is 10.3 Å². The Labute approximate surface area is 186 Å². The van der Waals surface area contributed by atoms with Crippen molar-refractivity contribution >= 4 is 33.9 Å². The number of rotatable bonds is 8. The van der Waals surface area contributed by atoms with Crippen LogP contribution in [0.5, 0.6) is 0 Å². The SMILES string of the molecule is CC(C)(Cn1c(-c2cccs2)c(C(=O)CCc2ccccc2)c2ccccc21)C(N)=O. The first-order valence-corrected chi connectivity index (χ1v) is 11.3. The lowest BCUT2D eigenvalue weighted by molar-refractivity contribution is -0.126. The van der Waals surface area contributed by atoms with Crippen LogP contribution in [0.4, 0.5) is 0 Å². The molecule has 0 atom stereocenters. The van der Waals surface area contributed by atoms with Crippen LogP contribution in [0.1, 0.15) is 36.2 Å². The van der Waals surface area contributed by atoms with Gasteiger partial charge in [0, 0.05) is 23.9 Å². The van der Waals surface area contributed by atoms with Gasteiger partial charge in [-0.15, -0.1) is 11.3 Å². The van der Waals surface area contributed by atoms with Gasteiger partial charge in [-0.25, -0.2) is 0 Å². The number of benzene rings is 2. The van der Waals surface area contributed by atoms with E-state index in [2.05, 4.69) is 4.57 Å². The number of aromatic nitrogens is 1. The van der Waals surface area contributed by atoms with Crippen LogP contribution in [0.3, 0.4) is 0 Å². The molecule has 0 bridgehead atoms. The molecule has 0 fully saturated rings. The maximum Gasteiger partial charge on any atom is 0.224 e. The number of thiophene rings is 1. The molecule has 0 spiro atoms. The molecule has 158 valence electrons. The maximum absolute atomic E-state index is 13.6. The molecule has 5 heteroatoms. The summed E-state index contributed by atoms with van der Waals surface area (Å²) < 4.78 is 2.10. The van der Waals surface area contributed by atoms with E-state index in [9.17, 15) is 9.59 Å². The highest BCUT2D eigenvalue weighted by Gasteiger charge is 2.30. The molecular weight excluding hydrogens is 404 g/mol. The third-order valence-electron chi connectivity index (χ3n) is 5.71. The lowest BCUT2D eigenvalue weighted by Gasteiger charge is -2.23. The van der Waals surface area contributed by atoms with Gasteiger partial charge in [-0.3, -0.25) is 9.59 Å². The van der Waals surface area contributed by atoms with Crippen molar-refractivity contribution in [3.8, 4) is 10.6 Å². The zero-order chi connectivity index (χ0) is 22.0. The van der Waals surface area contributed by atoms with Crippen molar-refractivity contribution in [1.29, 1.82) is 0 Å². The van der Waals surface area contributed by atoms with Crippen molar-refractivity contribution in [3.63, 3.8) is 0 Å². The molecule has 0 saturated heterocycles. The zero-order valence-corrected chi connectivity index (χ0v) is 18.6. The topological polar surface area (TPSA) is 65.1 Å². The van der Waals surface area contributed by atoms with E-state index in [-0.39, 0.29) is 11.7 Å². The fraction of sp³-hybridized carbons (Fsp3) is 0.231. The maximum atomic E-state index is 13.6. The highest BCUT2D eigenvalue weighted by Crippen LogP contribution is 2.39. The van der Waals surface area contributed by atoms with E-state index in [4.69, 9.17) is 5.73 Å². The number of para-hydroxylation sites is 1. The van der Waals surface area contributed by atoms with Gasteiger partial charge in [-0.2, -0.15) is 0 Å². The fourth-order valence-electron chi connectivity index (χ4n) is 3.92. The summed E-state index contributed by atoms with van der Waals surface area (Å²) in [5.74, 6) is -0.251. The summed E-state index contributed by atoms with van der Waals surface area (Å²) in [6.45, 7) is 4.10. The second-order valence-corrected chi connectivity index (χ2v) is 9.41. The quantitative estimate of drug-likeness (QED) is 0.365. The first-order valence-electron chi connectivity index (χ1n) is 10.4. The molecule has 1 amide bonds. The number of nitrogens with two attached hydrogens (primary N) is 1. The number of carbonyl (C=O) groups excluding carboxylic acids is 2. The number of carbonyl (C=O) groups is 2. The first kappa shape index (κ1) is 21.1. The Morgan fingerprint density at radius 1 is 0.968 bits per heavy atom. The molecule has 0 aliphatic rings. The largest absolute Gasteiger partial charge is 0.369 e. The van der Waals surface area contributed by atoms with Gasteiger partial charge >= 0.3 is 0 Å². The highest BCUT2D eigenvalue weighted by atomic mass is 32.1. The lowest BCUT2D eigenvalue weighted by Crippen LogP contribution is -2.35. The van der Waals surface area contributed by atoms with Crippen molar-refractivity contribution in [2.45, 2.75) is 33.2 Å². The first-order chi connectivity index (χ1) is 14.9. The standard InChI is InChI=1S/C26H26N2O2S/c1-26(2,25(27)30)17-28-20-12-7-6-11-19(20)23(24(28)22-13-8-16-31-22)21(29)15-14-18-9-4-3-5-10-18/h3-13,16H,14-15,17H2,1-2H3,(H2,27,30). The van der Waals surface area contributed by atoms with Gasteiger partial charge in [0.15, 0.2) is 5.78 Å². The summed E-state index contributed by atoms with van der Waals surface area (Å²) in [5, 5.41) is 2.93. The van der Waals surface area contributed by atoms with Crippen LogP contribution >= 0.6 is 11.3 Å². The minimum atomic E-state index is -0.752. The molecule has 0 saturated carbocycles. The van der Waals surface area contributed by atoms with Crippen LogP contribution in [0.2, 0.25) is 0 Å². The molecule has 2 N–H and O–H groups in total. The Bertz CT molecular complexity index is 1220. The number of fused-ring (bicyclic) bond motifs is 1. The van der Waals surface area contributed by atoms with Gasteiger partial charge in [0.2, 0.25) is 5.91 Å². The van der Waals surface area contributed by atoms with E-state index in [0.29, 0.717) is 19.4 Å². The van der Waals surface area contributed by atoms with Crippen molar-refractivity contribution in [3.05, 3.63) is 83.2 Å². The number of ketones is 1. The van der Waals surface area contributed by atoms with Gasteiger partial charge in [0.05, 0.1) is 21.5 Å². The van der Waals surface area contributed by atoms with Crippen LogP contribution in [0, 0.1) is 5.41 Å². The van der Waals surface area contributed by atoms with E-state index in [1.807, 2.05) is 86.0 Å². The monoisotopic (exact) mass is 430 g/mol. The predicted molar refractivity (Wildman–Crippen MR) is 127 cm³/mol. The molecule has 0 aliphatic heterocycles. The van der Waals surface area contributed by atoms with Crippen molar-refractivity contribution < 1.29 is 9.59 Å². The van der Waals surface area contributed by atoms with E-state index >= 15 is 0 Å². The van der Waals surface area contributed by atoms with Crippen LogP contribution in [0.15, 0.2) is 72.1 Å². The fourth-order valence-corrected chi connectivity index (χ4v) is 4.70. The van der Waals surface area contributed by atoms with E-state index < -0.39 is 5.41 Å².